The molecule has 0 spiro atoms. The maximum absolute atomic E-state index is 12.5. The second-order valence-electron chi connectivity index (χ2n) is 6.15. The Morgan fingerprint density at radius 3 is 2.85 bits per heavy atom. The second-order valence-corrected chi connectivity index (χ2v) is 6.59. The van der Waals surface area contributed by atoms with Gasteiger partial charge in [-0.1, -0.05) is 23.7 Å². The Labute approximate surface area is 156 Å². The van der Waals surface area contributed by atoms with Crippen LogP contribution < -0.4 is 19.7 Å². The summed E-state index contributed by atoms with van der Waals surface area (Å²) in [7, 11) is 0. The van der Waals surface area contributed by atoms with Gasteiger partial charge in [-0.05, 0) is 44.2 Å². The minimum atomic E-state index is -0.420. The molecule has 2 aromatic carbocycles. The third kappa shape index (κ3) is 4.26. The van der Waals surface area contributed by atoms with Gasteiger partial charge in [0.05, 0.1) is 24.0 Å². The van der Waals surface area contributed by atoms with Gasteiger partial charge < -0.3 is 19.7 Å². The molecule has 1 aliphatic heterocycles. The number of carbonyl (C=O) groups excluding carboxylic acids is 2. The zero-order valence-corrected chi connectivity index (χ0v) is 15.2. The van der Waals surface area contributed by atoms with E-state index in [9.17, 15) is 9.59 Å². The van der Waals surface area contributed by atoms with Crippen molar-refractivity contribution in [2.24, 2.45) is 0 Å². The average Bonchev–Trinajstić information content (AvgIpc) is 2.57. The summed E-state index contributed by atoms with van der Waals surface area (Å²) >= 11 is 6.03. The molecule has 1 aliphatic rings. The van der Waals surface area contributed by atoms with Crippen LogP contribution in [0.3, 0.4) is 0 Å². The Hall–Kier alpha value is -2.73. The molecule has 3 rings (SSSR count). The summed E-state index contributed by atoms with van der Waals surface area (Å²) in [5.41, 5.74) is 1.19. The van der Waals surface area contributed by atoms with Crippen molar-refractivity contribution < 1.29 is 19.1 Å². The number of para-hydroxylation sites is 2. The number of amides is 1. The van der Waals surface area contributed by atoms with Gasteiger partial charge in [-0.15, -0.1) is 0 Å². The van der Waals surface area contributed by atoms with Crippen LogP contribution in [0.15, 0.2) is 42.5 Å². The smallest absolute Gasteiger partial charge is 0.331 e. The highest BCUT2D eigenvalue weighted by Crippen LogP contribution is 2.34. The summed E-state index contributed by atoms with van der Waals surface area (Å²) in [6.45, 7) is 3.79. The molecule has 0 saturated carbocycles. The van der Waals surface area contributed by atoms with Crippen LogP contribution in [0.4, 0.5) is 11.4 Å². The molecule has 0 unspecified atom stereocenters. The molecule has 26 heavy (non-hydrogen) atoms. The normalized spacial score (nSPS) is 13.2. The predicted octanol–water partition coefficient (Wildman–Crippen LogP) is 3.49. The number of nitrogens with one attached hydrogen (secondary N) is 1. The molecule has 136 valence electrons. The van der Waals surface area contributed by atoms with E-state index in [1.807, 2.05) is 26.0 Å². The van der Waals surface area contributed by atoms with E-state index in [2.05, 4.69) is 5.32 Å². The largest absolute Gasteiger partial charge is 0.489 e. The van der Waals surface area contributed by atoms with Gasteiger partial charge in [-0.3, -0.25) is 4.79 Å². The fourth-order valence-corrected chi connectivity index (χ4v) is 2.82. The fourth-order valence-electron chi connectivity index (χ4n) is 2.65. The van der Waals surface area contributed by atoms with Crippen LogP contribution in [0.1, 0.15) is 13.8 Å². The summed E-state index contributed by atoms with van der Waals surface area (Å²) in [6, 6.07) is 12.1. The Balaban J connectivity index is 1.75. The van der Waals surface area contributed by atoms with E-state index in [1.54, 1.807) is 35.2 Å². The first-order valence-corrected chi connectivity index (χ1v) is 8.61. The number of halogens is 1. The average molecular weight is 375 g/mol. The van der Waals surface area contributed by atoms with Crippen LogP contribution in [0.5, 0.6) is 11.5 Å². The van der Waals surface area contributed by atoms with Crippen molar-refractivity contribution in [3.05, 3.63) is 47.5 Å². The van der Waals surface area contributed by atoms with Crippen molar-refractivity contribution >= 4 is 34.9 Å². The molecular weight excluding hydrogens is 356 g/mol. The standard InChI is InChI=1S/C19H19ClN2O4/c1-12(2)25-16-6-4-3-5-14(16)21-18(23)10-22-11-19(24)26-17-8-7-13(20)9-15(17)22/h3-9,12H,10-11H2,1-2H3,(H,21,23). The van der Waals surface area contributed by atoms with E-state index < -0.39 is 5.97 Å². The predicted molar refractivity (Wildman–Crippen MR) is 100 cm³/mol. The number of carbonyl (C=O) groups is 2. The molecule has 1 amide bonds. The highest BCUT2D eigenvalue weighted by Gasteiger charge is 2.26. The number of esters is 1. The van der Waals surface area contributed by atoms with Gasteiger partial charge in [-0.2, -0.15) is 0 Å². The van der Waals surface area contributed by atoms with E-state index >= 15 is 0 Å². The van der Waals surface area contributed by atoms with Crippen molar-refractivity contribution in [3.8, 4) is 11.5 Å². The topological polar surface area (TPSA) is 67.9 Å². The molecule has 0 fully saturated rings. The summed E-state index contributed by atoms with van der Waals surface area (Å²) in [6.07, 6.45) is -0.0149. The maximum Gasteiger partial charge on any atom is 0.331 e. The first-order valence-electron chi connectivity index (χ1n) is 8.23. The summed E-state index contributed by atoms with van der Waals surface area (Å²) in [4.78, 5) is 25.9. The quantitative estimate of drug-likeness (QED) is 0.641. The van der Waals surface area contributed by atoms with E-state index in [-0.39, 0.29) is 25.1 Å². The number of ether oxygens (including phenoxy) is 2. The summed E-state index contributed by atoms with van der Waals surface area (Å²) < 4.78 is 10.9. The van der Waals surface area contributed by atoms with Gasteiger partial charge in [0.15, 0.2) is 5.75 Å². The van der Waals surface area contributed by atoms with E-state index in [1.165, 1.54) is 0 Å². The molecule has 0 aliphatic carbocycles. The summed E-state index contributed by atoms with van der Waals surface area (Å²) in [5.74, 6) is 0.293. The van der Waals surface area contributed by atoms with Crippen LogP contribution in [0.2, 0.25) is 5.02 Å². The number of hydrogen-bond acceptors (Lipinski definition) is 5. The lowest BCUT2D eigenvalue weighted by Crippen LogP contribution is -2.41. The molecule has 1 N–H and O–H groups in total. The highest BCUT2D eigenvalue weighted by molar-refractivity contribution is 6.31. The van der Waals surface area contributed by atoms with Crippen molar-refractivity contribution in [3.63, 3.8) is 0 Å². The second kappa shape index (κ2) is 7.66. The maximum atomic E-state index is 12.5. The van der Waals surface area contributed by atoms with Crippen molar-refractivity contribution in [2.45, 2.75) is 20.0 Å². The lowest BCUT2D eigenvalue weighted by molar-refractivity contribution is -0.133. The zero-order chi connectivity index (χ0) is 18.7. The first kappa shape index (κ1) is 18.1. The van der Waals surface area contributed by atoms with Crippen molar-refractivity contribution in [1.82, 2.24) is 0 Å². The van der Waals surface area contributed by atoms with E-state index in [4.69, 9.17) is 21.1 Å². The Morgan fingerprint density at radius 2 is 2.08 bits per heavy atom. The molecular formula is C19H19ClN2O4. The van der Waals surface area contributed by atoms with Crippen LogP contribution in [0, 0.1) is 0 Å². The molecule has 7 heteroatoms. The van der Waals surface area contributed by atoms with Crippen LogP contribution in [-0.4, -0.2) is 31.1 Å². The number of benzene rings is 2. The number of hydrogen-bond donors (Lipinski definition) is 1. The molecule has 0 saturated heterocycles. The SMILES string of the molecule is CC(C)Oc1ccccc1NC(=O)CN1CC(=O)Oc2ccc(Cl)cc21. The molecule has 0 bridgehead atoms. The molecule has 0 atom stereocenters. The Kier molecular flexibility index (Phi) is 5.32. The van der Waals surface area contributed by atoms with E-state index in [0.717, 1.165) is 0 Å². The molecule has 6 nitrogen and oxygen atoms in total. The summed E-state index contributed by atoms with van der Waals surface area (Å²) in [5, 5.41) is 3.34. The van der Waals surface area contributed by atoms with Crippen LogP contribution in [0.25, 0.3) is 0 Å². The first-order chi connectivity index (χ1) is 12.4. The van der Waals surface area contributed by atoms with Crippen LogP contribution in [-0.2, 0) is 9.59 Å². The van der Waals surface area contributed by atoms with Gasteiger partial charge in [0.2, 0.25) is 5.91 Å². The zero-order valence-electron chi connectivity index (χ0n) is 14.5. The molecule has 2 aromatic rings. The highest BCUT2D eigenvalue weighted by atomic mass is 35.5. The van der Waals surface area contributed by atoms with Gasteiger partial charge in [0, 0.05) is 5.02 Å². The third-order valence-electron chi connectivity index (χ3n) is 3.66. The number of anilines is 2. The minimum Gasteiger partial charge on any atom is -0.489 e. The molecule has 0 aromatic heterocycles. The molecule has 1 heterocycles. The van der Waals surface area contributed by atoms with Gasteiger partial charge in [-0.25, -0.2) is 4.79 Å². The Morgan fingerprint density at radius 1 is 1.31 bits per heavy atom. The fraction of sp³-hybridized carbons (Fsp3) is 0.263. The number of nitrogens with zero attached hydrogens (tertiary/aromatic N) is 1. The van der Waals surface area contributed by atoms with E-state index in [0.29, 0.717) is 27.9 Å². The van der Waals surface area contributed by atoms with Gasteiger partial charge >= 0.3 is 5.97 Å². The minimum absolute atomic E-state index is 0.0149. The van der Waals surface area contributed by atoms with Gasteiger partial charge in [0.1, 0.15) is 12.3 Å². The Bertz CT molecular complexity index is 838. The van der Waals surface area contributed by atoms with Crippen LogP contribution >= 0.6 is 11.6 Å². The number of rotatable bonds is 5. The monoisotopic (exact) mass is 374 g/mol. The number of fused-ring (bicyclic) bond motifs is 1. The van der Waals surface area contributed by atoms with Crippen molar-refractivity contribution in [1.29, 1.82) is 0 Å². The molecule has 0 radical (unpaired) electrons. The third-order valence-corrected chi connectivity index (χ3v) is 3.90. The van der Waals surface area contributed by atoms with Gasteiger partial charge in [0.25, 0.3) is 0 Å². The lowest BCUT2D eigenvalue weighted by Gasteiger charge is -2.29. The lowest BCUT2D eigenvalue weighted by atomic mass is 10.2. The van der Waals surface area contributed by atoms with Crippen molar-refractivity contribution in [2.75, 3.05) is 23.3 Å².